The van der Waals surface area contributed by atoms with E-state index in [0.717, 1.165) is 0 Å². The minimum Gasteiger partial charge on any atom is -0.481 e. The van der Waals surface area contributed by atoms with E-state index in [1.54, 1.807) is 0 Å². The number of carboxylic acids is 3. The monoisotopic (exact) mass is 452 g/mol. The molecule has 0 saturated carbocycles. The van der Waals surface area contributed by atoms with Gasteiger partial charge in [0.2, 0.25) is 17.7 Å². The molecule has 0 spiro atoms. The predicted molar refractivity (Wildman–Crippen MR) is 101 cm³/mol. The second-order valence-corrected chi connectivity index (χ2v) is 6.39. The van der Waals surface area contributed by atoms with Crippen LogP contribution in [0.3, 0.4) is 0 Å². The Kier molecular flexibility index (Phi) is 12.0. The molecule has 170 valence electrons. The van der Waals surface area contributed by atoms with Crippen molar-refractivity contribution in [3.8, 4) is 0 Å². The molecule has 15 heteroatoms. The van der Waals surface area contributed by atoms with E-state index in [1.165, 1.54) is 0 Å². The fourth-order valence-electron chi connectivity index (χ4n) is 2.01. The molecule has 14 nitrogen and oxygen atoms in total. The van der Waals surface area contributed by atoms with E-state index >= 15 is 0 Å². The topological polar surface area (TPSA) is 245 Å². The van der Waals surface area contributed by atoms with E-state index in [1.807, 2.05) is 5.32 Å². The van der Waals surface area contributed by atoms with Gasteiger partial charge in [-0.25, -0.2) is 4.79 Å². The minimum atomic E-state index is -1.83. The van der Waals surface area contributed by atoms with E-state index in [0.29, 0.717) is 0 Å². The van der Waals surface area contributed by atoms with Crippen molar-refractivity contribution in [3.05, 3.63) is 0 Å². The van der Waals surface area contributed by atoms with Gasteiger partial charge in [0.05, 0.1) is 19.1 Å². The summed E-state index contributed by atoms with van der Waals surface area (Å²) in [5.41, 5.74) is 5.44. The van der Waals surface area contributed by atoms with Crippen LogP contribution < -0.4 is 21.7 Å². The second kappa shape index (κ2) is 13.3. The quantitative estimate of drug-likeness (QED) is 0.115. The number of nitrogens with two attached hydrogens (primary N) is 1. The van der Waals surface area contributed by atoms with Gasteiger partial charge < -0.3 is 42.1 Å². The molecule has 0 saturated heterocycles. The molecular weight excluding hydrogens is 428 g/mol. The fourth-order valence-corrected chi connectivity index (χ4v) is 2.18. The van der Waals surface area contributed by atoms with Gasteiger partial charge in [0.25, 0.3) is 0 Å². The number of carbonyl (C=O) groups is 6. The van der Waals surface area contributed by atoms with Gasteiger partial charge in [0.1, 0.15) is 18.1 Å². The molecule has 0 aliphatic heterocycles. The zero-order valence-corrected chi connectivity index (χ0v) is 16.5. The maximum absolute atomic E-state index is 12.3. The summed E-state index contributed by atoms with van der Waals surface area (Å²) >= 11 is 3.81. The molecule has 9 N–H and O–H groups in total. The summed E-state index contributed by atoms with van der Waals surface area (Å²) in [5, 5.41) is 41.9. The highest BCUT2D eigenvalue weighted by Gasteiger charge is 2.31. The molecule has 4 atom stereocenters. The van der Waals surface area contributed by atoms with Crippen LogP contribution in [0.1, 0.15) is 19.3 Å². The van der Waals surface area contributed by atoms with Crippen molar-refractivity contribution in [2.24, 2.45) is 5.73 Å². The number of rotatable bonds is 14. The molecule has 0 aromatic carbocycles. The number of hydrogen-bond donors (Lipinski definition) is 9. The highest BCUT2D eigenvalue weighted by atomic mass is 32.1. The first-order valence-electron chi connectivity index (χ1n) is 8.47. The van der Waals surface area contributed by atoms with Crippen molar-refractivity contribution in [3.63, 3.8) is 0 Å². The predicted octanol–water partition coefficient (Wildman–Crippen LogP) is -3.89. The SMILES string of the molecule is NC(CS)C(=O)NC(CO)C(=O)NC(CCC(=O)O)C(=O)NC(CC(=O)O)C(=O)O. The van der Waals surface area contributed by atoms with Crippen LogP contribution in [0.5, 0.6) is 0 Å². The third-order valence-corrected chi connectivity index (χ3v) is 4.02. The number of aliphatic carboxylic acids is 3. The first kappa shape index (κ1) is 27.1. The third-order valence-electron chi connectivity index (χ3n) is 3.62. The minimum absolute atomic E-state index is 0.0601. The molecule has 0 radical (unpaired) electrons. The van der Waals surface area contributed by atoms with Crippen molar-refractivity contribution >= 4 is 48.3 Å². The first-order chi connectivity index (χ1) is 13.9. The summed E-state index contributed by atoms with van der Waals surface area (Å²) in [6.45, 7) is -0.888. The maximum atomic E-state index is 12.3. The number of amides is 3. The van der Waals surface area contributed by atoms with Crippen LogP contribution in [-0.2, 0) is 28.8 Å². The molecule has 4 unspecified atom stereocenters. The smallest absolute Gasteiger partial charge is 0.326 e. The van der Waals surface area contributed by atoms with Crippen molar-refractivity contribution in [2.75, 3.05) is 12.4 Å². The van der Waals surface area contributed by atoms with Crippen LogP contribution in [0.15, 0.2) is 0 Å². The summed E-state index contributed by atoms with van der Waals surface area (Å²) in [4.78, 5) is 69.0. The molecular formula is C15H24N4O10S. The Bertz CT molecular complexity index is 674. The Morgan fingerprint density at radius 1 is 0.800 bits per heavy atom. The largest absolute Gasteiger partial charge is 0.481 e. The van der Waals surface area contributed by atoms with Gasteiger partial charge in [0.15, 0.2) is 0 Å². The van der Waals surface area contributed by atoms with Crippen molar-refractivity contribution < 1.29 is 49.2 Å². The molecule has 0 aliphatic carbocycles. The Hall–Kier alpha value is -2.91. The van der Waals surface area contributed by atoms with Crippen LogP contribution in [0.2, 0.25) is 0 Å². The molecule has 0 aromatic rings. The molecule has 0 fully saturated rings. The van der Waals surface area contributed by atoms with Gasteiger partial charge in [-0.3, -0.25) is 24.0 Å². The molecule has 0 aliphatic rings. The fraction of sp³-hybridized carbons (Fsp3) is 0.600. The van der Waals surface area contributed by atoms with E-state index in [2.05, 4.69) is 23.3 Å². The van der Waals surface area contributed by atoms with E-state index in [-0.39, 0.29) is 5.75 Å². The zero-order chi connectivity index (χ0) is 23.4. The van der Waals surface area contributed by atoms with Gasteiger partial charge in [0, 0.05) is 12.2 Å². The summed E-state index contributed by atoms with van der Waals surface area (Å²) in [6.07, 6.45) is -2.04. The van der Waals surface area contributed by atoms with Gasteiger partial charge >= 0.3 is 17.9 Å². The maximum Gasteiger partial charge on any atom is 0.326 e. The van der Waals surface area contributed by atoms with Crippen LogP contribution >= 0.6 is 12.6 Å². The Morgan fingerprint density at radius 2 is 1.30 bits per heavy atom. The number of nitrogens with one attached hydrogen (secondary N) is 3. The number of carboxylic acid groups (broad SMARTS) is 3. The van der Waals surface area contributed by atoms with Gasteiger partial charge in [-0.05, 0) is 6.42 Å². The van der Waals surface area contributed by atoms with Crippen LogP contribution in [0.25, 0.3) is 0 Å². The number of aliphatic hydroxyl groups is 1. The number of carbonyl (C=O) groups excluding carboxylic acids is 3. The van der Waals surface area contributed by atoms with Gasteiger partial charge in [-0.2, -0.15) is 12.6 Å². The summed E-state index contributed by atoms with van der Waals surface area (Å²) in [7, 11) is 0. The lowest BCUT2D eigenvalue weighted by molar-refractivity contribution is -0.147. The number of aliphatic hydroxyl groups excluding tert-OH is 1. The Morgan fingerprint density at radius 3 is 1.73 bits per heavy atom. The lowest BCUT2D eigenvalue weighted by atomic mass is 10.1. The highest BCUT2D eigenvalue weighted by Crippen LogP contribution is 2.02. The Balaban J connectivity index is 5.34. The molecule has 0 rings (SSSR count). The molecule has 0 heterocycles. The average Bonchev–Trinajstić information content (AvgIpc) is 2.66. The number of thiol groups is 1. The van der Waals surface area contributed by atoms with Crippen LogP contribution in [0, 0.1) is 0 Å². The van der Waals surface area contributed by atoms with E-state index < -0.39 is 85.7 Å². The lowest BCUT2D eigenvalue weighted by Crippen LogP contribution is -2.58. The van der Waals surface area contributed by atoms with E-state index in [4.69, 9.17) is 21.1 Å². The van der Waals surface area contributed by atoms with Crippen molar-refractivity contribution in [1.82, 2.24) is 16.0 Å². The molecule has 0 bridgehead atoms. The summed E-state index contributed by atoms with van der Waals surface area (Å²) < 4.78 is 0. The van der Waals surface area contributed by atoms with Crippen molar-refractivity contribution in [1.29, 1.82) is 0 Å². The Labute approximate surface area is 175 Å². The average molecular weight is 452 g/mol. The second-order valence-electron chi connectivity index (χ2n) is 6.02. The third kappa shape index (κ3) is 10.0. The van der Waals surface area contributed by atoms with E-state index in [9.17, 15) is 33.9 Å². The molecule has 30 heavy (non-hydrogen) atoms. The van der Waals surface area contributed by atoms with Crippen molar-refractivity contribution in [2.45, 2.75) is 43.4 Å². The summed E-state index contributed by atoms with van der Waals surface area (Å²) in [5.74, 6) is -7.61. The van der Waals surface area contributed by atoms with Gasteiger partial charge in [-0.15, -0.1) is 0 Å². The number of hydrogen-bond acceptors (Lipinski definition) is 9. The zero-order valence-electron chi connectivity index (χ0n) is 15.6. The van der Waals surface area contributed by atoms with Crippen LogP contribution in [0.4, 0.5) is 0 Å². The molecule has 0 aromatic heterocycles. The molecule has 3 amide bonds. The summed E-state index contributed by atoms with van der Waals surface area (Å²) in [6, 6.07) is -6.05. The normalized spacial score (nSPS) is 14.5. The standard InChI is InChI=1S/C15H24N4O10S/c16-6(5-30)12(25)19-9(4-20)14(27)17-7(1-2-10(21)22)13(26)18-8(15(28)29)3-11(23)24/h6-9,20,30H,1-5,16H2,(H,17,27)(H,18,26)(H,19,25)(H,21,22)(H,23,24)(H,28,29). The lowest BCUT2D eigenvalue weighted by Gasteiger charge is -2.23. The van der Waals surface area contributed by atoms with Gasteiger partial charge in [-0.1, -0.05) is 0 Å². The van der Waals surface area contributed by atoms with Crippen LogP contribution in [-0.4, -0.2) is 92.6 Å². The first-order valence-corrected chi connectivity index (χ1v) is 9.10. The highest BCUT2D eigenvalue weighted by molar-refractivity contribution is 7.80.